The highest BCUT2D eigenvalue weighted by molar-refractivity contribution is 9.10. The molecule has 37 heavy (non-hydrogen) atoms. The Bertz CT molecular complexity index is 1250. The fourth-order valence-corrected chi connectivity index (χ4v) is 6.93. The summed E-state index contributed by atoms with van der Waals surface area (Å²) in [5.41, 5.74) is -0.330. The first-order valence-corrected chi connectivity index (χ1v) is 14.1. The Morgan fingerprint density at radius 3 is 2.59 bits per heavy atom. The maximum Gasteiger partial charge on any atom is 0.324 e. The second kappa shape index (κ2) is 11.6. The molecule has 1 aromatic heterocycles. The molecule has 2 aromatic rings. The summed E-state index contributed by atoms with van der Waals surface area (Å²) in [7, 11) is -4.24. The predicted octanol–water partition coefficient (Wildman–Crippen LogP) is 2.51. The summed E-state index contributed by atoms with van der Waals surface area (Å²) < 4.78 is 28.5. The molecule has 1 aliphatic carbocycles. The zero-order chi connectivity index (χ0) is 26.5. The third-order valence-electron chi connectivity index (χ3n) is 6.73. The van der Waals surface area contributed by atoms with E-state index in [1.54, 1.807) is 12.3 Å². The normalized spacial score (nSPS) is 22.9. The van der Waals surface area contributed by atoms with Crippen molar-refractivity contribution in [3.05, 3.63) is 53.1 Å². The lowest BCUT2D eigenvalue weighted by Gasteiger charge is -2.35. The van der Waals surface area contributed by atoms with E-state index in [2.05, 4.69) is 41.4 Å². The maximum absolute atomic E-state index is 13.0. The molecule has 198 valence electrons. The Kier molecular flexibility index (Phi) is 8.45. The van der Waals surface area contributed by atoms with Gasteiger partial charge in [0.2, 0.25) is 16.4 Å². The van der Waals surface area contributed by atoms with E-state index in [0.29, 0.717) is 31.6 Å². The summed E-state index contributed by atoms with van der Waals surface area (Å²) in [5.74, 6) is -0.229. The van der Waals surface area contributed by atoms with Gasteiger partial charge in [0.15, 0.2) is 0 Å². The Morgan fingerprint density at radius 2 is 1.95 bits per heavy atom. The molecule has 1 amide bonds. The molecule has 1 aromatic carbocycles. The number of nitrogens with zero attached hydrogens (tertiary/aromatic N) is 2. The van der Waals surface area contributed by atoms with Crippen molar-refractivity contribution in [2.45, 2.75) is 54.7 Å². The molecular formula is C24H28BrN5O6S. The maximum atomic E-state index is 13.0. The number of carboxylic acids is 1. The summed E-state index contributed by atoms with van der Waals surface area (Å²) >= 11 is 3.18. The van der Waals surface area contributed by atoms with E-state index >= 15 is 0 Å². The molecule has 1 spiro atoms. The highest BCUT2D eigenvalue weighted by Crippen LogP contribution is 2.41. The quantitative estimate of drug-likeness (QED) is 0.289. The molecular weight excluding hydrogens is 566 g/mol. The third-order valence-corrected chi connectivity index (χ3v) is 9.18. The SMILES string of the molecule is O=CNC(C1=NOC2(CCC(CNc3ccccn3)CC2)C1)[C@H](NS(=O)(=O)c1ccccc1Br)C(=O)O. The lowest BCUT2D eigenvalue weighted by atomic mass is 9.75. The van der Waals surface area contributed by atoms with Crippen molar-refractivity contribution in [2.75, 3.05) is 11.9 Å². The van der Waals surface area contributed by atoms with Gasteiger partial charge in [0.1, 0.15) is 17.5 Å². The Labute approximate surface area is 223 Å². The molecule has 0 radical (unpaired) electrons. The summed E-state index contributed by atoms with van der Waals surface area (Å²) in [6.07, 6.45) is 5.49. The molecule has 0 bridgehead atoms. The van der Waals surface area contributed by atoms with Crippen molar-refractivity contribution in [1.29, 1.82) is 0 Å². The first-order valence-electron chi connectivity index (χ1n) is 11.8. The van der Waals surface area contributed by atoms with Crippen LogP contribution >= 0.6 is 15.9 Å². The van der Waals surface area contributed by atoms with Gasteiger partial charge in [-0.05, 0) is 71.8 Å². The van der Waals surface area contributed by atoms with Crippen LogP contribution in [0.4, 0.5) is 5.82 Å². The van der Waals surface area contributed by atoms with Crippen LogP contribution in [0.3, 0.4) is 0 Å². The minimum absolute atomic E-state index is 0.121. The summed E-state index contributed by atoms with van der Waals surface area (Å²) in [4.78, 5) is 33.5. The molecule has 4 rings (SSSR count). The fourth-order valence-electron chi connectivity index (χ4n) is 4.72. The van der Waals surface area contributed by atoms with Crippen LogP contribution < -0.4 is 15.4 Å². The largest absolute Gasteiger partial charge is 0.480 e. The van der Waals surface area contributed by atoms with E-state index in [1.807, 2.05) is 18.2 Å². The number of oxime groups is 1. The number of aliphatic carboxylic acids is 1. The number of rotatable bonds is 11. The van der Waals surface area contributed by atoms with E-state index < -0.39 is 33.7 Å². The highest BCUT2D eigenvalue weighted by Gasteiger charge is 2.47. The van der Waals surface area contributed by atoms with E-state index in [-0.39, 0.29) is 15.1 Å². The molecule has 11 nitrogen and oxygen atoms in total. The van der Waals surface area contributed by atoms with Gasteiger partial charge in [0, 0.05) is 23.6 Å². The van der Waals surface area contributed by atoms with Gasteiger partial charge in [-0.25, -0.2) is 13.4 Å². The molecule has 2 heterocycles. The van der Waals surface area contributed by atoms with Crippen LogP contribution in [0.25, 0.3) is 0 Å². The van der Waals surface area contributed by atoms with Crippen LogP contribution in [-0.4, -0.2) is 60.8 Å². The van der Waals surface area contributed by atoms with Crippen LogP contribution in [0.2, 0.25) is 0 Å². The number of carbonyl (C=O) groups is 2. The number of hydrogen-bond acceptors (Lipinski definition) is 8. The van der Waals surface area contributed by atoms with Crippen LogP contribution in [0.1, 0.15) is 32.1 Å². The van der Waals surface area contributed by atoms with Crippen LogP contribution in [0.5, 0.6) is 0 Å². The number of pyridine rings is 1. The number of carboxylic acid groups (broad SMARTS) is 1. The zero-order valence-electron chi connectivity index (χ0n) is 19.8. The number of benzene rings is 1. The lowest BCUT2D eigenvalue weighted by molar-refractivity contribution is -0.139. The molecule has 1 aliphatic heterocycles. The van der Waals surface area contributed by atoms with Crippen molar-refractivity contribution in [1.82, 2.24) is 15.0 Å². The third kappa shape index (κ3) is 6.46. The van der Waals surface area contributed by atoms with Gasteiger partial charge in [0.25, 0.3) is 0 Å². The standard InChI is InChI=1S/C24H28BrN5O6S/c25-17-5-1-2-6-19(17)37(34,35)30-22(23(32)33)21(28-15-31)18-13-24(36-29-18)10-8-16(9-11-24)14-27-20-7-3-4-12-26-20/h1-7,12,15-16,21-22,30H,8-11,13-14H2,(H,26,27)(H,28,31)(H,32,33)/t16?,21?,22-,24?/m0/s1. The van der Waals surface area contributed by atoms with Gasteiger partial charge < -0.3 is 20.6 Å². The van der Waals surface area contributed by atoms with Gasteiger partial charge in [-0.15, -0.1) is 0 Å². The van der Waals surface area contributed by atoms with Gasteiger partial charge >= 0.3 is 5.97 Å². The second-order valence-electron chi connectivity index (χ2n) is 9.20. The minimum Gasteiger partial charge on any atom is -0.480 e. The summed E-state index contributed by atoms with van der Waals surface area (Å²) in [6.45, 7) is 0.772. The van der Waals surface area contributed by atoms with Crippen molar-refractivity contribution in [3.63, 3.8) is 0 Å². The molecule has 0 saturated heterocycles. The van der Waals surface area contributed by atoms with Crippen molar-refractivity contribution in [3.8, 4) is 0 Å². The summed E-state index contributed by atoms with van der Waals surface area (Å²) in [5, 5.41) is 19.8. The molecule has 1 unspecified atom stereocenters. The number of nitrogens with one attached hydrogen (secondary N) is 3. The minimum atomic E-state index is -4.24. The Balaban J connectivity index is 1.42. The number of sulfonamides is 1. The van der Waals surface area contributed by atoms with Gasteiger partial charge in [-0.1, -0.05) is 23.4 Å². The van der Waals surface area contributed by atoms with Crippen LogP contribution in [0, 0.1) is 5.92 Å². The van der Waals surface area contributed by atoms with E-state index in [1.165, 1.54) is 18.2 Å². The smallest absolute Gasteiger partial charge is 0.324 e. The number of anilines is 1. The first kappa shape index (κ1) is 27.0. The topological polar surface area (TPSA) is 159 Å². The molecule has 1 fully saturated rings. The number of amides is 1. The average Bonchev–Trinajstić information content (AvgIpc) is 3.29. The molecule has 2 atom stereocenters. The summed E-state index contributed by atoms with van der Waals surface area (Å²) in [6, 6.07) is 8.81. The van der Waals surface area contributed by atoms with Gasteiger partial charge in [0.05, 0.1) is 16.6 Å². The Hall–Kier alpha value is -3.03. The Morgan fingerprint density at radius 1 is 1.22 bits per heavy atom. The van der Waals surface area contributed by atoms with E-state index in [4.69, 9.17) is 4.84 Å². The van der Waals surface area contributed by atoms with Gasteiger partial charge in [-0.3, -0.25) is 9.59 Å². The predicted molar refractivity (Wildman–Crippen MR) is 139 cm³/mol. The fraction of sp³-hybridized carbons (Fsp3) is 0.417. The lowest BCUT2D eigenvalue weighted by Crippen LogP contribution is -2.57. The van der Waals surface area contributed by atoms with Crippen molar-refractivity contribution in [2.24, 2.45) is 11.1 Å². The second-order valence-corrected chi connectivity index (χ2v) is 11.7. The molecule has 1 saturated carbocycles. The number of carbonyl (C=O) groups excluding carboxylic acids is 1. The van der Waals surface area contributed by atoms with E-state index in [9.17, 15) is 23.1 Å². The highest BCUT2D eigenvalue weighted by atomic mass is 79.9. The average molecular weight is 594 g/mol. The van der Waals surface area contributed by atoms with Crippen LogP contribution in [-0.2, 0) is 24.4 Å². The first-order chi connectivity index (χ1) is 17.7. The van der Waals surface area contributed by atoms with Gasteiger partial charge in [-0.2, -0.15) is 4.72 Å². The van der Waals surface area contributed by atoms with E-state index in [0.717, 1.165) is 25.2 Å². The monoisotopic (exact) mass is 593 g/mol. The number of halogens is 1. The van der Waals surface area contributed by atoms with Crippen LogP contribution in [0.15, 0.2) is 63.2 Å². The van der Waals surface area contributed by atoms with Crippen molar-refractivity contribution >= 4 is 49.9 Å². The number of hydrogen-bond donors (Lipinski definition) is 4. The molecule has 2 aliphatic rings. The molecule has 4 N–H and O–H groups in total. The zero-order valence-corrected chi connectivity index (χ0v) is 22.2. The number of aromatic nitrogens is 1. The molecule has 13 heteroatoms. The van der Waals surface area contributed by atoms with Crippen molar-refractivity contribution < 1.29 is 28.0 Å².